The zero-order valence-corrected chi connectivity index (χ0v) is 23.2. The van der Waals surface area contributed by atoms with Crippen LogP contribution in [0.2, 0.25) is 10.0 Å². The fraction of sp³-hybridized carbons (Fsp3) is 0.0323. The van der Waals surface area contributed by atoms with Gasteiger partial charge in [-0.1, -0.05) is 71.7 Å². The third kappa shape index (κ3) is 5.95. The maximum Gasteiger partial charge on any atom is 0.216 e. The Kier molecular flexibility index (Phi) is 8.04. The molecule has 0 aliphatic carbocycles. The summed E-state index contributed by atoms with van der Waals surface area (Å²) in [7, 11) is -4.10. The fourth-order valence-electron chi connectivity index (χ4n) is 3.99. The number of ether oxygens (including phenoxy) is 1. The molecule has 5 rings (SSSR count). The second-order valence-electron chi connectivity index (χ2n) is 8.70. The number of nitrogens with zero attached hydrogens (tertiary/aromatic N) is 3. The predicted molar refractivity (Wildman–Crippen MR) is 157 cm³/mol. The van der Waals surface area contributed by atoms with Crippen molar-refractivity contribution in [2.45, 2.75) is 11.5 Å². The van der Waals surface area contributed by atoms with Crippen molar-refractivity contribution in [3.63, 3.8) is 0 Å². The number of para-hydroxylation sites is 1. The molecule has 0 saturated heterocycles. The fourth-order valence-corrected chi connectivity index (χ4v) is 5.46. The van der Waals surface area contributed by atoms with Gasteiger partial charge in [-0.2, -0.15) is 10.4 Å². The van der Waals surface area contributed by atoms with Gasteiger partial charge in [-0.25, -0.2) is 13.1 Å². The average molecular weight is 587 g/mol. The summed E-state index contributed by atoms with van der Waals surface area (Å²) in [5.41, 5.74) is 3.22. The highest BCUT2D eigenvalue weighted by Gasteiger charge is 2.22. The van der Waals surface area contributed by atoms with Crippen LogP contribution < -0.4 is 4.74 Å². The van der Waals surface area contributed by atoms with Gasteiger partial charge >= 0.3 is 0 Å². The van der Waals surface area contributed by atoms with E-state index in [9.17, 15) is 13.7 Å². The Labute approximate surface area is 242 Å². The van der Waals surface area contributed by atoms with Crippen molar-refractivity contribution in [1.29, 1.82) is 5.26 Å². The zero-order chi connectivity index (χ0) is 28.1. The number of halogens is 2. The van der Waals surface area contributed by atoms with E-state index in [-0.39, 0.29) is 11.5 Å². The van der Waals surface area contributed by atoms with Crippen molar-refractivity contribution in [1.82, 2.24) is 9.78 Å². The van der Waals surface area contributed by atoms with Gasteiger partial charge in [0.2, 0.25) is 9.84 Å². The monoisotopic (exact) mass is 585 g/mol. The molecule has 0 aliphatic rings. The Balaban J connectivity index is 1.57. The van der Waals surface area contributed by atoms with Crippen molar-refractivity contribution in [3.8, 4) is 28.8 Å². The summed E-state index contributed by atoms with van der Waals surface area (Å²) < 4.78 is 34.3. The summed E-state index contributed by atoms with van der Waals surface area (Å²) in [4.78, 5) is -0.452. The van der Waals surface area contributed by atoms with Gasteiger partial charge in [0.25, 0.3) is 0 Å². The summed E-state index contributed by atoms with van der Waals surface area (Å²) in [6.45, 7) is 0.270. The van der Waals surface area contributed by atoms with Crippen LogP contribution in [0.25, 0.3) is 23.0 Å². The molecule has 0 N–H and O–H groups in total. The van der Waals surface area contributed by atoms with Gasteiger partial charge in [0.05, 0.1) is 10.6 Å². The Hall–Kier alpha value is -4.35. The van der Waals surface area contributed by atoms with E-state index in [0.29, 0.717) is 32.6 Å². The molecule has 40 heavy (non-hydrogen) atoms. The molecule has 0 spiro atoms. The van der Waals surface area contributed by atoms with Crippen LogP contribution >= 0.6 is 23.2 Å². The minimum atomic E-state index is -4.10. The lowest BCUT2D eigenvalue weighted by Gasteiger charge is -2.09. The van der Waals surface area contributed by atoms with E-state index >= 15 is 0 Å². The maximum absolute atomic E-state index is 13.3. The van der Waals surface area contributed by atoms with Crippen LogP contribution in [0.3, 0.4) is 0 Å². The molecule has 0 saturated carbocycles. The zero-order valence-electron chi connectivity index (χ0n) is 20.9. The number of sulfone groups is 1. The van der Waals surface area contributed by atoms with Gasteiger partial charge in [0.1, 0.15) is 29.0 Å². The Morgan fingerprint density at radius 3 is 2.38 bits per heavy atom. The summed E-state index contributed by atoms with van der Waals surface area (Å²) in [5.74, 6) is 0.580. The van der Waals surface area contributed by atoms with Crippen LogP contribution in [-0.4, -0.2) is 18.2 Å². The second-order valence-corrected chi connectivity index (χ2v) is 11.5. The van der Waals surface area contributed by atoms with Gasteiger partial charge < -0.3 is 4.74 Å². The second kappa shape index (κ2) is 11.8. The molecule has 0 amide bonds. The van der Waals surface area contributed by atoms with Gasteiger partial charge in [0.15, 0.2) is 0 Å². The molecular weight excluding hydrogens is 565 g/mol. The van der Waals surface area contributed by atoms with Crippen LogP contribution in [0.15, 0.2) is 119 Å². The SMILES string of the molecule is N#CC(=Cc1cn(-c2ccccc2)nc1-c1cccc(OCc2ccccc2Cl)c1)S(=O)(=O)c1ccc(Cl)cc1. The molecule has 4 aromatic carbocycles. The summed E-state index contributed by atoms with van der Waals surface area (Å²) >= 11 is 12.2. The minimum Gasteiger partial charge on any atom is -0.489 e. The number of hydrogen-bond acceptors (Lipinski definition) is 5. The lowest BCUT2D eigenvalue weighted by atomic mass is 10.1. The highest BCUT2D eigenvalue weighted by Crippen LogP contribution is 2.31. The van der Waals surface area contributed by atoms with Crippen molar-refractivity contribution >= 4 is 39.1 Å². The van der Waals surface area contributed by atoms with E-state index in [2.05, 4.69) is 0 Å². The van der Waals surface area contributed by atoms with E-state index < -0.39 is 14.7 Å². The maximum atomic E-state index is 13.3. The molecule has 0 bridgehead atoms. The molecule has 0 fully saturated rings. The molecule has 1 heterocycles. The molecule has 9 heteroatoms. The van der Waals surface area contributed by atoms with E-state index in [0.717, 1.165) is 11.3 Å². The molecule has 198 valence electrons. The quantitative estimate of drug-likeness (QED) is 0.174. The number of rotatable bonds is 8. The first-order chi connectivity index (χ1) is 19.3. The van der Waals surface area contributed by atoms with E-state index in [4.69, 9.17) is 33.0 Å². The van der Waals surface area contributed by atoms with Crippen LogP contribution in [0.5, 0.6) is 5.75 Å². The summed E-state index contributed by atoms with van der Waals surface area (Å²) in [5, 5.41) is 15.6. The van der Waals surface area contributed by atoms with Crippen LogP contribution in [0, 0.1) is 11.3 Å². The van der Waals surface area contributed by atoms with Crippen LogP contribution in [-0.2, 0) is 16.4 Å². The topological polar surface area (TPSA) is 85.0 Å². The first kappa shape index (κ1) is 27.2. The largest absolute Gasteiger partial charge is 0.489 e. The molecule has 5 aromatic rings. The highest BCUT2D eigenvalue weighted by molar-refractivity contribution is 7.95. The summed E-state index contributed by atoms with van der Waals surface area (Å²) in [6.07, 6.45) is 3.03. The van der Waals surface area contributed by atoms with E-state index in [1.54, 1.807) is 16.9 Å². The van der Waals surface area contributed by atoms with Gasteiger partial charge in [-0.05, 0) is 60.7 Å². The Morgan fingerprint density at radius 1 is 0.925 bits per heavy atom. The normalized spacial score (nSPS) is 11.7. The standard InChI is InChI=1S/C31H21Cl2N3O3S/c32-25-13-15-28(16-14-25)40(37,38)29(19-34)18-24-20-36(26-9-2-1-3-10-26)35-31(24)22-8-6-11-27(17-22)39-21-23-7-4-5-12-30(23)33/h1-18,20H,21H2. The first-order valence-corrected chi connectivity index (χ1v) is 14.3. The number of benzene rings is 4. The molecule has 0 aliphatic heterocycles. The molecule has 1 aromatic heterocycles. The summed E-state index contributed by atoms with van der Waals surface area (Å²) in [6, 6.07) is 31.7. The van der Waals surface area contributed by atoms with Gasteiger partial charge in [-0.15, -0.1) is 0 Å². The lowest BCUT2D eigenvalue weighted by Crippen LogP contribution is -2.03. The molecule has 0 atom stereocenters. The number of hydrogen-bond donors (Lipinski definition) is 0. The third-order valence-electron chi connectivity index (χ3n) is 6.03. The van der Waals surface area contributed by atoms with Crippen molar-refractivity contribution in [2.75, 3.05) is 0 Å². The number of aromatic nitrogens is 2. The molecule has 0 radical (unpaired) electrons. The molecule has 6 nitrogen and oxygen atoms in total. The average Bonchev–Trinajstić information content (AvgIpc) is 3.40. The number of nitriles is 1. The third-order valence-corrected chi connectivity index (χ3v) is 8.33. The van der Waals surface area contributed by atoms with Crippen molar-refractivity contribution in [2.24, 2.45) is 0 Å². The highest BCUT2D eigenvalue weighted by atomic mass is 35.5. The Morgan fingerprint density at radius 2 is 1.65 bits per heavy atom. The smallest absolute Gasteiger partial charge is 0.216 e. The number of allylic oxidation sites excluding steroid dienone is 1. The van der Waals surface area contributed by atoms with E-state index in [1.807, 2.05) is 78.9 Å². The first-order valence-electron chi connectivity index (χ1n) is 12.1. The predicted octanol–water partition coefficient (Wildman–Crippen LogP) is 7.76. The van der Waals surface area contributed by atoms with Crippen LogP contribution in [0.1, 0.15) is 11.1 Å². The lowest BCUT2D eigenvalue weighted by molar-refractivity contribution is 0.306. The molecular formula is C31H21Cl2N3O3S. The Bertz CT molecular complexity index is 1840. The van der Waals surface area contributed by atoms with E-state index in [1.165, 1.54) is 30.3 Å². The van der Waals surface area contributed by atoms with Crippen LogP contribution in [0.4, 0.5) is 0 Å². The van der Waals surface area contributed by atoms with Crippen molar-refractivity contribution < 1.29 is 13.2 Å². The minimum absolute atomic E-state index is 0.0309. The van der Waals surface area contributed by atoms with Gasteiger partial charge in [0, 0.05) is 32.9 Å². The molecule has 0 unspecified atom stereocenters. The van der Waals surface area contributed by atoms with Crippen molar-refractivity contribution in [3.05, 3.63) is 135 Å². The van der Waals surface area contributed by atoms with Gasteiger partial charge in [-0.3, -0.25) is 0 Å².